The topological polar surface area (TPSA) is 59.6 Å². The molecule has 0 atom stereocenters. The van der Waals surface area contributed by atoms with Crippen LogP contribution in [0.15, 0.2) is 23.3 Å². The van der Waals surface area contributed by atoms with Crippen molar-refractivity contribution >= 4 is 23.5 Å². The van der Waals surface area contributed by atoms with E-state index in [1.165, 1.54) is 5.56 Å². The van der Waals surface area contributed by atoms with Crippen molar-refractivity contribution in [2.24, 2.45) is 10.8 Å². The minimum absolute atomic E-state index is 0.116. The van der Waals surface area contributed by atoms with E-state index in [0.717, 1.165) is 17.7 Å². The number of nitrogens with two attached hydrogens (primary N) is 1. The van der Waals surface area contributed by atoms with Crippen LogP contribution in [0.3, 0.4) is 0 Å². The fraction of sp³-hybridized carbons (Fsp3) is 0.333. The summed E-state index contributed by atoms with van der Waals surface area (Å²) in [6.07, 6.45) is 2.59. The molecular formula is C12H15N3OS. The van der Waals surface area contributed by atoms with Crippen LogP contribution in [0.5, 0.6) is 5.75 Å². The van der Waals surface area contributed by atoms with Gasteiger partial charge in [-0.15, -0.1) is 0 Å². The van der Waals surface area contributed by atoms with Crippen molar-refractivity contribution < 1.29 is 4.74 Å². The van der Waals surface area contributed by atoms with Gasteiger partial charge in [-0.2, -0.15) is 5.10 Å². The van der Waals surface area contributed by atoms with Gasteiger partial charge in [0, 0.05) is 6.42 Å². The summed E-state index contributed by atoms with van der Waals surface area (Å²) in [5, 5.41) is 4.08. The SMILES string of the molecule is CC1(C)Cc2cc(C=NNC(N)=S)ccc2O1. The van der Waals surface area contributed by atoms with Crippen molar-refractivity contribution in [1.82, 2.24) is 5.43 Å². The van der Waals surface area contributed by atoms with Crippen LogP contribution in [0, 0.1) is 0 Å². The Bertz CT molecular complexity index is 483. The Labute approximate surface area is 106 Å². The van der Waals surface area contributed by atoms with Crippen molar-refractivity contribution in [2.45, 2.75) is 25.9 Å². The minimum atomic E-state index is -0.116. The fourth-order valence-electron chi connectivity index (χ4n) is 1.88. The zero-order valence-electron chi connectivity index (χ0n) is 9.86. The zero-order valence-corrected chi connectivity index (χ0v) is 10.7. The molecule has 2 rings (SSSR count). The van der Waals surface area contributed by atoms with E-state index in [4.69, 9.17) is 10.5 Å². The number of thiocarbonyl (C=S) groups is 1. The molecule has 0 amide bonds. The highest BCUT2D eigenvalue weighted by Gasteiger charge is 2.29. The molecule has 1 aliphatic heterocycles. The summed E-state index contributed by atoms with van der Waals surface area (Å²) in [6.45, 7) is 4.16. The maximum absolute atomic E-state index is 5.79. The van der Waals surface area contributed by atoms with E-state index in [0.29, 0.717) is 0 Å². The van der Waals surface area contributed by atoms with Gasteiger partial charge in [-0.1, -0.05) is 0 Å². The van der Waals surface area contributed by atoms with Crippen LogP contribution >= 0.6 is 12.2 Å². The summed E-state index contributed by atoms with van der Waals surface area (Å²) in [7, 11) is 0. The van der Waals surface area contributed by atoms with E-state index < -0.39 is 0 Å². The molecule has 0 spiro atoms. The highest BCUT2D eigenvalue weighted by Crippen LogP contribution is 2.34. The summed E-state index contributed by atoms with van der Waals surface area (Å²) in [4.78, 5) is 0. The molecule has 0 saturated heterocycles. The molecule has 0 aromatic heterocycles. The maximum atomic E-state index is 5.79. The summed E-state index contributed by atoms with van der Waals surface area (Å²) in [5.74, 6) is 0.953. The lowest BCUT2D eigenvalue weighted by Crippen LogP contribution is -2.24. The summed E-state index contributed by atoms with van der Waals surface area (Å²) >= 11 is 4.65. The van der Waals surface area contributed by atoms with Crippen molar-refractivity contribution in [2.75, 3.05) is 0 Å². The first-order valence-corrected chi connectivity index (χ1v) is 5.77. The van der Waals surface area contributed by atoms with E-state index in [9.17, 15) is 0 Å². The van der Waals surface area contributed by atoms with Crippen molar-refractivity contribution in [3.63, 3.8) is 0 Å². The number of nitrogens with one attached hydrogen (secondary N) is 1. The Kier molecular flexibility index (Phi) is 3.02. The molecular weight excluding hydrogens is 234 g/mol. The first-order valence-electron chi connectivity index (χ1n) is 5.37. The second kappa shape index (κ2) is 4.33. The molecule has 3 N–H and O–H groups in total. The normalized spacial score (nSPS) is 16.6. The van der Waals surface area contributed by atoms with Crippen LogP contribution in [0.4, 0.5) is 0 Å². The summed E-state index contributed by atoms with van der Waals surface area (Å²) in [5.41, 5.74) is 9.88. The van der Waals surface area contributed by atoms with Gasteiger partial charge in [-0.25, -0.2) is 0 Å². The van der Waals surface area contributed by atoms with Gasteiger partial charge in [0.05, 0.1) is 6.21 Å². The Morgan fingerprint density at radius 1 is 1.59 bits per heavy atom. The quantitative estimate of drug-likeness (QED) is 0.474. The van der Waals surface area contributed by atoms with Crippen molar-refractivity contribution in [3.05, 3.63) is 29.3 Å². The number of fused-ring (bicyclic) bond motifs is 1. The summed E-state index contributed by atoms with van der Waals surface area (Å²) in [6, 6.07) is 5.98. The van der Waals surface area contributed by atoms with Crippen LogP contribution in [0.1, 0.15) is 25.0 Å². The standard InChI is InChI=1S/C12H15N3OS/c1-12(2)6-9-5-8(3-4-10(9)16-12)7-14-15-11(13)17/h3-5,7H,6H2,1-2H3,(H3,13,15,17). The Balaban J connectivity index is 2.14. The molecule has 1 heterocycles. The average molecular weight is 249 g/mol. The number of nitrogens with zero attached hydrogens (tertiary/aromatic N) is 1. The number of benzene rings is 1. The van der Waals surface area contributed by atoms with Crippen LogP contribution in [0.25, 0.3) is 0 Å². The maximum Gasteiger partial charge on any atom is 0.184 e. The van der Waals surface area contributed by atoms with Crippen molar-refractivity contribution in [3.8, 4) is 5.75 Å². The Morgan fingerprint density at radius 3 is 3.06 bits per heavy atom. The smallest absolute Gasteiger partial charge is 0.184 e. The predicted octanol–water partition coefficient (Wildman–Crippen LogP) is 1.57. The number of rotatable bonds is 2. The molecule has 5 heteroatoms. The van der Waals surface area contributed by atoms with Gasteiger partial charge >= 0.3 is 0 Å². The number of hydrazone groups is 1. The van der Waals surface area contributed by atoms with E-state index >= 15 is 0 Å². The molecule has 1 aromatic carbocycles. The molecule has 0 bridgehead atoms. The highest BCUT2D eigenvalue weighted by molar-refractivity contribution is 7.80. The lowest BCUT2D eigenvalue weighted by Gasteiger charge is -2.16. The molecule has 0 unspecified atom stereocenters. The van der Waals surface area contributed by atoms with E-state index in [2.05, 4.69) is 42.7 Å². The molecule has 4 nitrogen and oxygen atoms in total. The third-order valence-corrected chi connectivity index (χ3v) is 2.57. The third kappa shape index (κ3) is 2.94. The molecule has 1 aliphatic rings. The summed E-state index contributed by atoms with van der Waals surface area (Å²) < 4.78 is 5.79. The van der Waals surface area contributed by atoms with Gasteiger partial charge in [0.2, 0.25) is 0 Å². The second-order valence-electron chi connectivity index (χ2n) is 4.64. The Morgan fingerprint density at radius 2 is 2.35 bits per heavy atom. The first kappa shape index (κ1) is 11.9. The van der Waals surface area contributed by atoms with Gasteiger partial charge < -0.3 is 10.5 Å². The average Bonchev–Trinajstić information content (AvgIpc) is 2.50. The van der Waals surface area contributed by atoms with Crippen LogP contribution in [0.2, 0.25) is 0 Å². The third-order valence-electron chi connectivity index (χ3n) is 2.48. The van der Waals surface area contributed by atoms with Gasteiger partial charge in [0.15, 0.2) is 5.11 Å². The van der Waals surface area contributed by atoms with Crippen LogP contribution < -0.4 is 15.9 Å². The largest absolute Gasteiger partial charge is 0.487 e. The fourth-order valence-corrected chi connectivity index (χ4v) is 1.93. The van der Waals surface area contributed by atoms with Gasteiger partial charge in [0.1, 0.15) is 11.4 Å². The Hall–Kier alpha value is -1.62. The molecule has 0 saturated carbocycles. The van der Waals surface area contributed by atoms with Gasteiger partial charge in [0.25, 0.3) is 0 Å². The minimum Gasteiger partial charge on any atom is -0.487 e. The molecule has 0 aliphatic carbocycles. The van der Waals surface area contributed by atoms with Gasteiger partial charge in [-0.05, 0) is 55.4 Å². The van der Waals surface area contributed by atoms with E-state index in [1.807, 2.05) is 12.1 Å². The predicted molar refractivity (Wildman–Crippen MR) is 72.4 cm³/mol. The lowest BCUT2D eigenvalue weighted by atomic mass is 10.0. The molecule has 17 heavy (non-hydrogen) atoms. The molecule has 90 valence electrons. The zero-order chi connectivity index (χ0) is 12.5. The lowest BCUT2D eigenvalue weighted by molar-refractivity contribution is 0.138. The van der Waals surface area contributed by atoms with E-state index in [-0.39, 0.29) is 10.7 Å². The number of hydrogen-bond acceptors (Lipinski definition) is 3. The van der Waals surface area contributed by atoms with Crippen molar-refractivity contribution in [1.29, 1.82) is 0 Å². The van der Waals surface area contributed by atoms with E-state index in [1.54, 1.807) is 6.21 Å². The van der Waals surface area contributed by atoms with Gasteiger partial charge in [-0.3, -0.25) is 5.43 Å². The second-order valence-corrected chi connectivity index (χ2v) is 5.08. The van der Waals surface area contributed by atoms with Crippen LogP contribution in [-0.4, -0.2) is 16.9 Å². The first-order chi connectivity index (χ1) is 7.96. The molecule has 0 radical (unpaired) electrons. The molecule has 1 aromatic rings. The number of hydrogen-bond donors (Lipinski definition) is 2. The highest BCUT2D eigenvalue weighted by atomic mass is 32.1. The monoisotopic (exact) mass is 249 g/mol. The molecule has 0 fully saturated rings. The van der Waals surface area contributed by atoms with Crippen LogP contribution in [-0.2, 0) is 6.42 Å². The number of ether oxygens (including phenoxy) is 1.